The van der Waals surface area contributed by atoms with Crippen LogP contribution in [0, 0.1) is 5.92 Å². The molecule has 2 aliphatic rings. The molecule has 162 valence electrons. The lowest BCUT2D eigenvalue weighted by Gasteiger charge is -2.36. The van der Waals surface area contributed by atoms with E-state index < -0.39 is 0 Å². The van der Waals surface area contributed by atoms with Gasteiger partial charge in [-0.05, 0) is 30.0 Å². The monoisotopic (exact) mass is 519 g/mol. The number of halogens is 1. The second-order valence-electron chi connectivity index (χ2n) is 8.11. The summed E-state index contributed by atoms with van der Waals surface area (Å²) in [5.74, 6) is 1.73. The number of nitrogens with zero attached hydrogens (tertiary/aromatic N) is 4. The van der Waals surface area contributed by atoms with Gasteiger partial charge < -0.3 is 15.1 Å². The number of aliphatic imine (C=N–C) groups is 1. The predicted octanol–water partition coefficient (Wildman–Crippen LogP) is 3.52. The van der Waals surface area contributed by atoms with Crippen molar-refractivity contribution in [2.24, 2.45) is 10.9 Å². The molecular formula is C24H34IN5. The number of guanidine groups is 1. The third-order valence-corrected chi connectivity index (χ3v) is 6.09. The maximum atomic E-state index is 4.56. The van der Waals surface area contributed by atoms with Crippen molar-refractivity contribution < 1.29 is 0 Å². The Morgan fingerprint density at radius 2 is 1.60 bits per heavy atom. The summed E-state index contributed by atoms with van der Waals surface area (Å²) < 4.78 is 0. The lowest BCUT2D eigenvalue weighted by molar-refractivity contribution is 0.172. The lowest BCUT2D eigenvalue weighted by atomic mass is 10.1. The highest BCUT2D eigenvalue weighted by molar-refractivity contribution is 14.0. The van der Waals surface area contributed by atoms with Gasteiger partial charge in [0.1, 0.15) is 0 Å². The molecule has 2 aromatic carbocycles. The van der Waals surface area contributed by atoms with Crippen molar-refractivity contribution >= 4 is 35.6 Å². The van der Waals surface area contributed by atoms with Crippen molar-refractivity contribution in [1.29, 1.82) is 0 Å². The minimum atomic E-state index is 0. The van der Waals surface area contributed by atoms with Crippen molar-refractivity contribution in [3.05, 3.63) is 66.2 Å². The van der Waals surface area contributed by atoms with Gasteiger partial charge in [-0.25, -0.2) is 0 Å². The topological polar surface area (TPSA) is 34.1 Å². The molecule has 4 rings (SSSR count). The molecule has 1 unspecified atom stereocenters. The molecule has 0 aromatic heterocycles. The molecule has 0 saturated carbocycles. The SMILES string of the molecule is CN=C(NCC1CCN(c2ccccc2)C1)N1CCN(Cc2ccccc2)CC1.I. The highest BCUT2D eigenvalue weighted by atomic mass is 127. The van der Waals surface area contributed by atoms with E-state index in [2.05, 4.69) is 85.7 Å². The molecule has 0 spiro atoms. The van der Waals surface area contributed by atoms with E-state index in [1.165, 1.54) is 17.7 Å². The van der Waals surface area contributed by atoms with E-state index in [1.807, 2.05) is 7.05 Å². The van der Waals surface area contributed by atoms with E-state index in [0.29, 0.717) is 5.92 Å². The largest absolute Gasteiger partial charge is 0.371 e. The van der Waals surface area contributed by atoms with Crippen LogP contribution in [-0.2, 0) is 6.54 Å². The fourth-order valence-corrected chi connectivity index (χ4v) is 4.40. The maximum absolute atomic E-state index is 4.56. The Morgan fingerprint density at radius 1 is 0.933 bits per heavy atom. The smallest absolute Gasteiger partial charge is 0.193 e. The van der Waals surface area contributed by atoms with Gasteiger partial charge in [0, 0.05) is 65.1 Å². The van der Waals surface area contributed by atoms with Gasteiger partial charge in [-0.1, -0.05) is 48.5 Å². The van der Waals surface area contributed by atoms with Gasteiger partial charge in [0.05, 0.1) is 0 Å². The van der Waals surface area contributed by atoms with Crippen molar-refractivity contribution in [3.63, 3.8) is 0 Å². The Labute approximate surface area is 198 Å². The van der Waals surface area contributed by atoms with Gasteiger partial charge in [-0.15, -0.1) is 24.0 Å². The Hall–Kier alpha value is -1.80. The van der Waals surface area contributed by atoms with E-state index in [-0.39, 0.29) is 24.0 Å². The van der Waals surface area contributed by atoms with Crippen LogP contribution in [0.1, 0.15) is 12.0 Å². The number of rotatable bonds is 5. The van der Waals surface area contributed by atoms with Crippen LogP contribution in [0.3, 0.4) is 0 Å². The van der Waals surface area contributed by atoms with Gasteiger partial charge in [0.25, 0.3) is 0 Å². The minimum Gasteiger partial charge on any atom is -0.371 e. The van der Waals surface area contributed by atoms with E-state index in [4.69, 9.17) is 0 Å². The van der Waals surface area contributed by atoms with E-state index in [9.17, 15) is 0 Å². The molecule has 0 bridgehead atoms. The summed E-state index contributed by atoms with van der Waals surface area (Å²) in [7, 11) is 1.91. The molecule has 0 amide bonds. The number of hydrogen-bond donors (Lipinski definition) is 1. The third kappa shape index (κ3) is 6.11. The molecule has 2 aliphatic heterocycles. The fourth-order valence-electron chi connectivity index (χ4n) is 4.40. The van der Waals surface area contributed by atoms with Crippen molar-refractivity contribution in [2.45, 2.75) is 13.0 Å². The van der Waals surface area contributed by atoms with Crippen molar-refractivity contribution in [3.8, 4) is 0 Å². The average Bonchev–Trinajstić information content (AvgIpc) is 3.26. The van der Waals surface area contributed by atoms with Crippen LogP contribution in [0.2, 0.25) is 0 Å². The molecule has 5 nitrogen and oxygen atoms in total. The Bertz CT molecular complexity index is 775. The molecule has 30 heavy (non-hydrogen) atoms. The maximum Gasteiger partial charge on any atom is 0.193 e. The van der Waals surface area contributed by atoms with Gasteiger partial charge in [-0.2, -0.15) is 0 Å². The van der Waals surface area contributed by atoms with Crippen LogP contribution < -0.4 is 10.2 Å². The van der Waals surface area contributed by atoms with E-state index in [1.54, 1.807) is 0 Å². The van der Waals surface area contributed by atoms with Crippen LogP contribution in [0.4, 0.5) is 5.69 Å². The number of hydrogen-bond acceptors (Lipinski definition) is 3. The molecule has 2 fully saturated rings. The second kappa shape index (κ2) is 11.6. The standard InChI is InChI=1S/C24H33N5.HI/c1-25-24(26-18-22-12-13-29(20-22)23-10-6-3-7-11-23)28-16-14-27(15-17-28)19-21-8-4-2-5-9-21;/h2-11,22H,12-20H2,1H3,(H,25,26);1H. The Kier molecular flexibility index (Phi) is 8.81. The molecular weight excluding hydrogens is 485 g/mol. The number of para-hydroxylation sites is 1. The van der Waals surface area contributed by atoms with Crippen LogP contribution in [-0.4, -0.2) is 68.6 Å². The average molecular weight is 519 g/mol. The highest BCUT2D eigenvalue weighted by Crippen LogP contribution is 2.23. The first-order chi connectivity index (χ1) is 14.3. The summed E-state index contributed by atoms with van der Waals surface area (Å²) in [5.41, 5.74) is 2.74. The summed E-state index contributed by atoms with van der Waals surface area (Å²) in [6.07, 6.45) is 1.24. The molecule has 1 atom stereocenters. The molecule has 6 heteroatoms. The minimum absolute atomic E-state index is 0. The molecule has 1 N–H and O–H groups in total. The van der Waals surface area contributed by atoms with Crippen LogP contribution >= 0.6 is 24.0 Å². The van der Waals surface area contributed by atoms with E-state index in [0.717, 1.165) is 58.3 Å². The first-order valence-electron chi connectivity index (χ1n) is 10.8. The normalized spacial score (nSPS) is 20.2. The summed E-state index contributed by atoms with van der Waals surface area (Å²) >= 11 is 0. The molecule has 2 heterocycles. The molecule has 0 aliphatic carbocycles. The van der Waals surface area contributed by atoms with Crippen LogP contribution in [0.15, 0.2) is 65.7 Å². The van der Waals surface area contributed by atoms with Gasteiger partial charge in [0.15, 0.2) is 5.96 Å². The third-order valence-electron chi connectivity index (χ3n) is 6.09. The number of benzene rings is 2. The van der Waals surface area contributed by atoms with Crippen LogP contribution in [0.5, 0.6) is 0 Å². The molecule has 2 saturated heterocycles. The summed E-state index contributed by atoms with van der Waals surface area (Å²) in [5, 5.41) is 3.65. The van der Waals surface area contributed by atoms with Crippen molar-refractivity contribution in [2.75, 3.05) is 57.8 Å². The van der Waals surface area contributed by atoms with Crippen LogP contribution in [0.25, 0.3) is 0 Å². The van der Waals surface area contributed by atoms with Crippen molar-refractivity contribution in [1.82, 2.24) is 15.1 Å². The van der Waals surface area contributed by atoms with E-state index >= 15 is 0 Å². The molecule has 2 aromatic rings. The first kappa shape index (κ1) is 22.9. The Morgan fingerprint density at radius 3 is 2.27 bits per heavy atom. The summed E-state index contributed by atoms with van der Waals surface area (Å²) in [4.78, 5) is 12.0. The number of anilines is 1. The Balaban J connectivity index is 0.00000256. The van der Waals surface area contributed by atoms with Gasteiger partial charge >= 0.3 is 0 Å². The quantitative estimate of drug-likeness (QED) is 0.373. The lowest BCUT2D eigenvalue weighted by Crippen LogP contribution is -2.52. The predicted molar refractivity (Wildman–Crippen MR) is 137 cm³/mol. The fraction of sp³-hybridized carbons (Fsp3) is 0.458. The summed E-state index contributed by atoms with van der Waals surface area (Å²) in [6.45, 7) is 8.55. The van der Waals surface area contributed by atoms with Gasteiger partial charge in [-0.3, -0.25) is 9.89 Å². The number of piperazine rings is 1. The zero-order chi connectivity index (χ0) is 19.9. The van der Waals surface area contributed by atoms with Gasteiger partial charge in [0.2, 0.25) is 0 Å². The number of nitrogens with one attached hydrogen (secondary N) is 1. The molecule has 0 radical (unpaired) electrons. The zero-order valence-corrected chi connectivity index (χ0v) is 20.2. The zero-order valence-electron chi connectivity index (χ0n) is 17.9. The second-order valence-corrected chi connectivity index (χ2v) is 8.11. The summed E-state index contributed by atoms with van der Waals surface area (Å²) in [6, 6.07) is 21.5. The first-order valence-corrected chi connectivity index (χ1v) is 10.8. The highest BCUT2D eigenvalue weighted by Gasteiger charge is 2.24.